The van der Waals surface area contributed by atoms with Crippen LogP contribution in [0.15, 0.2) is 53.8 Å². The Morgan fingerprint density at radius 1 is 1.18 bits per heavy atom. The number of hydrogen-bond donors (Lipinski definition) is 2. The Balaban J connectivity index is 1.65. The fourth-order valence-corrected chi connectivity index (χ4v) is 3.54. The smallest absolute Gasteiger partial charge is 0.234 e. The summed E-state index contributed by atoms with van der Waals surface area (Å²) in [4.78, 5) is 16.6. The minimum absolute atomic E-state index is 0.117. The number of benzene rings is 2. The molecule has 0 bridgehead atoms. The predicted molar refractivity (Wildman–Crippen MR) is 109 cm³/mol. The molecule has 1 amide bonds. The Morgan fingerprint density at radius 2 is 1.93 bits per heavy atom. The maximum absolute atomic E-state index is 13.1. The van der Waals surface area contributed by atoms with Crippen molar-refractivity contribution >= 4 is 46.6 Å². The summed E-state index contributed by atoms with van der Waals surface area (Å²) in [6, 6.07) is 11.0. The van der Waals surface area contributed by atoms with Crippen LogP contribution in [0.4, 0.5) is 10.1 Å². The molecule has 5 nitrogen and oxygen atoms in total. The first-order valence-electron chi connectivity index (χ1n) is 8.23. The van der Waals surface area contributed by atoms with Crippen LogP contribution >= 0.6 is 35.0 Å². The van der Waals surface area contributed by atoms with Crippen LogP contribution in [0.2, 0.25) is 10.0 Å². The zero-order valence-electron chi connectivity index (χ0n) is 14.5. The van der Waals surface area contributed by atoms with Gasteiger partial charge in [-0.3, -0.25) is 4.79 Å². The first-order valence-corrected chi connectivity index (χ1v) is 9.98. The highest BCUT2D eigenvalue weighted by molar-refractivity contribution is 7.99. The fraction of sp³-hybridized carbons (Fsp3) is 0.158. The largest absolute Gasteiger partial charge is 0.390 e. The van der Waals surface area contributed by atoms with Gasteiger partial charge in [0.25, 0.3) is 0 Å². The Bertz CT molecular complexity index is 980. The number of thioether (sulfide) groups is 1. The maximum atomic E-state index is 13.1. The topological polar surface area (TPSA) is 67.1 Å². The number of imidazole rings is 1. The molecular weight excluding hydrogens is 424 g/mol. The van der Waals surface area contributed by atoms with Crippen molar-refractivity contribution in [1.29, 1.82) is 0 Å². The van der Waals surface area contributed by atoms with Crippen LogP contribution in [0.5, 0.6) is 0 Å². The third-order valence-corrected chi connectivity index (χ3v) is 5.48. The number of nitrogens with one attached hydrogen (secondary N) is 1. The lowest BCUT2D eigenvalue weighted by Crippen LogP contribution is -2.14. The minimum atomic E-state index is -0.306. The summed E-state index contributed by atoms with van der Waals surface area (Å²) in [5.41, 5.74) is 1.92. The van der Waals surface area contributed by atoms with Gasteiger partial charge in [0.15, 0.2) is 5.16 Å². The highest BCUT2D eigenvalue weighted by Crippen LogP contribution is 2.25. The standard InChI is InChI=1S/C19H16Cl2FN3O2S/c20-16-6-5-14(7-17(16)21)23-18(27)11-28-19-24-15(10-26)9-25(19)8-12-1-3-13(22)4-2-12/h1-7,9,26H,8,10-11H2,(H,23,27). The van der Waals surface area contributed by atoms with Gasteiger partial charge in [-0.15, -0.1) is 0 Å². The van der Waals surface area contributed by atoms with E-state index in [2.05, 4.69) is 10.3 Å². The van der Waals surface area contributed by atoms with Gasteiger partial charge in [0, 0.05) is 18.4 Å². The van der Waals surface area contributed by atoms with Crippen LogP contribution in [-0.2, 0) is 17.9 Å². The molecule has 1 heterocycles. The molecule has 0 aliphatic rings. The Kier molecular flexibility index (Phi) is 6.96. The van der Waals surface area contributed by atoms with Crippen LogP contribution in [0.1, 0.15) is 11.3 Å². The number of anilines is 1. The van der Waals surface area contributed by atoms with Crippen LogP contribution < -0.4 is 5.32 Å². The number of halogens is 3. The number of aliphatic hydroxyl groups excluding tert-OH is 1. The molecule has 1 aromatic heterocycles. The van der Waals surface area contributed by atoms with Gasteiger partial charge in [0.2, 0.25) is 5.91 Å². The van der Waals surface area contributed by atoms with Gasteiger partial charge in [-0.25, -0.2) is 9.37 Å². The average Bonchev–Trinajstić information content (AvgIpc) is 3.07. The lowest BCUT2D eigenvalue weighted by Gasteiger charge is -2.09. The van der Waals surface area contributed by atoms with Crippen LogP contribution in [0.25, 0.3) is 0 Å². The van der Waals surface area contributed by atoms with Crippen molar-refractivity contribution in [3.05, 3.63) is 75.8 Å². The summed E-state index contributed by atoms with van der Waals surface area (Å²) in [5, 5.41) is 13.5. The van der Waals surface area contributed by atoms with Crippen LogP contribution in [0.3, 0.4) is 0 Å². The van der Waals surface area contributed by atoms with Gasteiger partial charge in [-0.2, -0.15) is 0 Å². The van der Waals surface area contributed by atoms with E-state index in [1.54, 1.807) is 36.5 Å². The second-order valence-corrected chi connectivity index (χ2v) is 7.65. The lowest BCUT2D eigenvalue weighted by atomic mass is 10.2. The molecule has 0 spiro atoms. The molecule has 0 saturated heterocycles. The monoisotopic (exact) mass is 439 g/mol. The van der Waals surface area contributed by atoms with Crippen molar-refractivity contribution in [1.82, 2.24) is 9.55 Å². The molecule has 3 aromatic rings. The van der Waals surface area contributed by atoms with E-state index in [0.717, 1.165) is 5.56 Å². The van der Waals surface area contributed by atoms with E-state index in [4.69, 9.17) is 23.2 Å². The number of aromatic nitrogens is 2. The number of rotatable bonds is 7. The molecule has 28 heavy (non-hydrogen) atoms. The predicted octanol–water partition coefficient (Wildman–Crippen LogP) is 4.60. The second-order valence-electron chi connectivity index (χ2n) is 5.89. The number of amides is 1. The van der Waals surface area contributed by atoms with E-state index < -0.39 is 0 Å². The van der Waals surface area contributed by atoms with Crippen LogP contribution in [0, 0.1) is 5.82 Å². The summed E-state index contributed by atoms with van der Waals surface area (Å²) >= 11 is 13.0. The fourth-order valence-electron chi connectivity index (χ4n) is 2.44. The third-order valence-electron chi connectivity index (χ3n) is 3.75. The normalized spacial score (nSPS) is 10.9. The van der Waals surface area contributed by atoms with Crippen molar-refractivity contribution in [3.8, 4) is 0 Å². The number of aliphatic hydroxyl groups is 1. The molecule has 0 aliphatic heterocycles. The van der Waals surface area contributed by atoms with Crippen molar-refractivity contribution in [2.75, 3.05) is 11.1 Å². The summed E-state index contributed by atoms with van der Waals surface area (Å²) in [5.74, 6) is -0.421. The molecular formula is C19H16Cl2FN3O2S. The minimum Gasteiger partial charge on any atom is -0.390 e. The van der Waals surface area contributed by atoms with E-state index in [0.29, 0.717) is 33.1 Å². The molecule has 0 atom stereocenters. The van der Waals surface area contributed by atoms with E-state index in [1.807, 2.05) is 4.57 Å². The number of carbonyl (C=O) groups is 1. The van der Waals surface area contributed by atoms with E-state index in [1.165, 1.54) is 23.9 Å². The highest BCUT2D eigenvalue weighted by Gasteiger charge is 2.12. The van der Waals surface area contributed by atoms with Crippen molar-refractivity contribution in [2.45, 2.75) is 18.3 Å². The maximum Gasteiger partial charge on any atom is 0.234 e. The summed E-state index contributed by atoms with van der Waals surface area (Å²) in [6.45, 7) is 0.240. The zero-order chi connectivity index (χ0) is 20.1. The van der Waals surface area contributed by atoms with Gasteiger partial charge in [-0.1, -0.05) is 47.1 Å². The van der Waals surface area contributed by atoms with E-state index in [-0.39, 0.29) is 24.1 Å². The molecule has 0 saturated carbocycles. The summed E-state index contributed by atoms with van der Waals surface area (Å²) in [7, 11) is 0. The molecule has 0 unspecified atom stereocenters. The number of carbonyl (C=O) groups excluding carboxylic acids is 1. The Hall–Kier alpha value is -2.06. The molecule has 0 aliphatic carbocycles. The molecule has 0 fully saturated rings. The summed E-state index contributed by atoms with van der Waals surface area (Å²) < 4.78 is 14.9. The Morgan fingerprint density at radius 3 is 2.61 bits per heavy atom. The van der Waals surface area contributed by atoms with Crippen molar-refractivity contribution < 1.29 is 14.3 Å². The third kappa shape index (κ3) is 5.48. The Labute approximate surface area is 175 Å². The van der Waals surface area contributed by atoms with Crippen molar-refractivity contribution in [3.63, 3.8) is 0 Å². The van der Waals surface area contributed by atoms with Gasteiger partial charge in [0.1, 0.15) is 5.82 Å². The first kappa shape index (κ1) is 20.7. The zero-order valence-corrected chi connectivity index (χ0v) is 16.9. The quantitative estimate of drug-likeness (QED) is 0.527. The SMILES string of the molecule is O=C(CSc1nc(CO)cn1Cc1ccc(F)cc1)Nc1ccc(Cl)c(Cl)c1. The molecule has 9 heteroatoms. The van der Waals surface area contributed by atoms with Gasteiger partial charge in [-0.05, 0) is 35.9 Å². The lowest BCUT2D eigenvalue weighted by molar-refractivity contribution is -0.113. The highest BCUT2D eigenvalue weighted by atomic mass is 35.5. The van der Waals surface area contributed by atoms with Gasteiger partial charge >= 0.3 is 0 Å². The van der Waals surface area contributed by atoms with Gasteiger partial charge in [0.05, 0.1) is 28.1 Å². The van der Waals surface area contributed by atoms with E-state index in [9.17, 15) is 14.3 Å². The van der Waals surface area contributed by atoms with Gasteiger partial charge < -0.3 is 15.0 Å². The molecule has 0 radical (unpaired) electrons. The second kappa shape index (κ2) is 9.43. The summed E-state index contributed by atoms with van der Waals surface area (Å²) in [6.07, 6.45) is 1.71. The molecule has 2 N–H and O–H groups in total. The molecule has 146 valence electrons. The first-order chi connectivity index (χ1) is 13.4. The average molecular weight is 440 g/mol. The van der Waals surface area contributed by atoms with Crippen molar-refractivity contribution in [2.24, 2.45) is 0 Å². The molecule has 3 rings (SSSR count). The number of nitrogens with zero attached hydrogens (tertiary/aromatic N) is 2. The molecule has 2 aromatic carbocycles. The van der Waals surface area contributed by atoms with Crippen LogP contribution in [-0.4, -0.2) is 26.3 Å². The van der Waals surface area contributed by atoms with E-state index >= 15 is 0 Å². The number of hydrogen-bond acceptors (Lipinski definition) is 4.